The Morgan fingerprint density at radius 2 is 1.96 bits per heavy atom. The van der Waals surface area contributed by atoms with Gasteiger partial charge < -0.3 is 19.9 Å². The lowest BCUT2D eigenvalue weighted by Crippen LogP contribution is -2.23. The van der Waals surface area contributed by atoms with Gasteiger partial charge in [0.05, 0.1) is 17.2 Å². The van der Waals surface area contributed by atoms with Crippen LogP contribution >= 0.6 is 15.9 Å². The summed E-state index contributed by atoms with van der Waals surface area (Å²) < 4.78 is 12.7. The largest absolute Gasteiger partial charge is 0.490 e. The Bertz CT molecular complexity index is 689. The lowest BCUT2D eigenvalue weighted by molar-refractivity contribution is 0.191. The summed E-state index contributed by atoms with van der Waals surface area (Å²) >= 11 is 3.59. The molecule has 0 radical (unpaired) electrons. The highest BCUT2D eigenvalue weighted by Gasteiger charge is 2.13. The van der Waals surface area contributed by atoms with E-state index in [-0.39, 0.29) is 6.10 Å². The second kappa shape index (κ2) is 9.80. The zero-order chi connectivity index (χ0) is 18.2. The maximum atomic E-state index is 9.35. The predicted octanol–water partition coefficient (Wildman–Crippen LogP) is 4.21. The fourth-order valence-corrected chi connectivity index (χ4v) is 3.11. The van der Waals surface area contributed by atoms with Crippen molar-refractivity contribution in [2.45, 2.75) is 40.0 Å². The fraction of sp³-hybridized carbons (Fsp3) is 0.400. The van der Waals surface area contributed by atoms with Gasteiger partial charge in [0.25, 0.3) is 0 Å². The third-order valence-electron chi connectivity index (χ3n) is 3.60. The van der Waals surface area contributed by atoms with E-state index in [1.54, 1.807) is 6.92 Å². The molecule has 25 heavy (non-hydrogen) atoms. The van der Waals surface area contributed by atoms with Gasteiger partial charge in [-0.1, -0.05) is 29.8 Å². The third-order valence-corrected chi connectivity index (χ3v) is 4.19. The SMILES string of the molecule is CCOc1cc(CNCC(C)O)cc(Br)c1OCc1cccc(C)c1. The van der Waals surface area contributed by atoms with E-state index in [1.165, 1.54) is 5.56 Å². The van der Waals surface area contributed by atoms with Gasteiger partial charge in [0.1, 0.15) is 6.61 Å². The van der Waals surface area contributed by atoms with Crippen LogP contribution < -0.4 is 14.8 Å². The van der Waals surface area contributed by atoms with Crippen molar-refractivity contribution in [3.8, 4) is 11.5 Å². The highest BCUT2D eigenvalue weighted by atomic mass is 79.9. The molecular formula is C20H26BrNO3. The van der Waals surface area contributed by atoms with Crippen LogP contribution in [0, 0.1) is 6.92 Å². The van der Waals surface area contributed by atoms with Crippen LogP contribution in [0.3, 0.4) is 0 Å². The summed E-state index contributed by atoms with van der Waals surface area (Å²) in [7, 11) is 0. The van der Waals surface area contributed by atoms with Crippen LogP contribution in [0.2, 0.25) is 0 Å². The molecule has 0 saturated carbocycles. The molecule has 2 aromatic rings. The van der Waals surface area contributed by atoms with Gasteiger partial charge >= 0.3 is 0 Å². The summed E-state index contributed by atoms with van der Waals surface area (Å²) in [5.41, 5.74) is 3.40. The van der Waals surface area contributed by atoms with Crippen molar-refractivity contribution in [1.82, 2.24) is 5.32 Å². The summed E-state index contributed by atoms with van der Waals surface area (Å²) in [5, 5.41) is 12.6. The number of ether oxygens (including phenoxy) is 2. The minimum atomic E-state index is -0.369. The first-order chi connectivity index (χ1) is 12.0. The molecule has 0 aliphatic rings. The summed E-state index contributed by atoms with van der Waals surface area (Å²) in [4.78, 5) is 0. The molecule has 0 amide bonds. The predicted molar refractivity (Wildman–Crippen MR) is 104 cm³/mol. The van der Waals surface area contributed by atoms with Crippen molar-refractivity contribution < 1.29 is 14.6 Å². The molecule has 0 spiro atoms. The van der Waals surface area contributed by atoms with Gasteiger partial charge in [-0.2, -0.15) is 0 Å². The molecule has 0 heterocycles. The highest BCUT2D eigenvalue weighted by molar-refractivity contribution is 9.10. The number of benzene rings is 2. The first-order valence-electron chi connectivity index (χ1n) is 8.52. The molecule has 0 aliphatic carbocycles. The van der Waals surface area contributed by atoms with Crippen molar-refractivity contribution in [3.63, 3.8) is 0 Å². The molecule has 0 fully saturated rings. The molecule has 2 aromatic carbocycles. The Kier molecular flexibility index (Phi) is 7.75. The number of aryl methyl sites for hydroxylation is 1. The van der Waals surface area contributed by atoms with Crippen LogP contribution in [-0.2, 0) is 13.2 Å². The van der Waals surface area contributed by atoms with E-state index in [0.29, 0.717) is 32.1 Å². The molecule has 1 unspecified atom stereocenters. The Hall–Kier alpha value is -1.56. The molecule has 2 rings (SSSR count). The van der Waals surface area contributed by atoms with E-state index >= 15 is 0 Å². The smallest absolute Gasteiger partial charge is 0.175 e. The Morgan fingerprint density at radius 3 is 2.64 bits per heavy atom. The van der Waals surface area contributed by atoms with Crippen LogP contribution in [0.5, 0.6) is 11.5 Å². The number of aliphatic hydroxyl groups excluding tert-OH is 1. The van der Waals surface area contributed by atoms with Crippen molar-refractivity contribution in [1.29, 1.82) is 0 Å². The molecule has 0 aromatic heterocycles. The van der Waals surface area contributed by atoms with Gasteiger partial charge in [-0.05, 0) is 60.0 Å². The standard InChI is InChI=1S/C20H26BrNO3/c1-4-24-19-10-17(12-22-11-15(3)23)9-18(21)20(19)25-13-16-7-5-6-14(2)8-16/h5-10,15,22-23H,4,11-13H2,1-3H3. The van der Waals surface area contributed by atoms with Crippen LogP contribution in [0.4, 0.5) is 0 Å². The lowest BCUT2D eigenvalue weighted by atomic mass is 10.1. The number of rotatable bonds is 9. The average Bonchev–Trinajstić information content (AvgIpc) is 2.54. The van der Waals surface area contributed by atoms with Gasteiger partial charge in [-0.25, -0.2) is 0 Å². The number of aliphatic hydroxyl groups is 1. The lowest BCUT2D eigenvalue weighted by Gasteiger charge is -2.16. The maximum absolute atomic E-state index is 9.35. The minimum Gasteiger partial charge on any atom is -0.490 e. The zero-order valence-corrected chi connectivity index (χ0v) is 16.6. The van der Waals surface area contributed by atoms with Gasteiger partial charge in [0, 0.05) is 13.1 Å². The number of hydrogen-bond acceptors (Lipinski definition) is 4. The van der Waals surface area contributed by atoms with E-state index in [0.717, 1.165) is 21.3 Å². The van der Waals surface area contributed by atoms with Crippen molar-refractivity contribution in [2.75, 3.05) is 13.2 Å². The van der Waals surface area contributed by atoms with Crippen LogP contribution in [-0.4, -0.2) is 24.4 Å². The van der Waals surface area contributed by atoms with Gasteiger partial charge in [0.2, 0.25) is 0 Å². The normalized spacial score (nSPS) is 12.0. The summed E-state index contributed by atoms with van der Waals surface area (Å²) in [5.74, 6) is 1.43. The van der Waals surface area contributed by atoms with Gasteiger partial charge in [0.15, 0.2) is 11.5 Å². The Labute approximate surface area is 158 Å². The topological polar surface area (TPSA) is 50.7 Å². The number of halogens is 1. The third kappa shape index (κ3) is 6.34. The monoisotopic (exact) mass is 407 g/mol. The van der Waals surface area contributed by atoms with Crippen LogP contribution in [0.25, 0.3) is 0 Å². The first-order valence-corrected chi connectivity index (χ1v) is 9.31. The molecule has 2 N–H and O–H groups in total. The van der Waals surface area contributed by atoms with Crippen molar-refractivity contribution in [2.24, 2.45) is 0 Å². The molecule has 0 aliphatic heterocycles. The summed E-state index contributed by atoms with van der Waals surface area (Å²) in [6.07, 6.45) is -0.369. The summed E-state index contributed by atoms with van der Waals surface area (Å²) in [6, 6.07) is 12.3. The first kappa shape index (κ1) is 19.8. The van der Waals surface area contributed by atoms with E-state index in [4.69, 9.17) is 9.47 Å². The molecule has 4 nitrogen and oxygen atoms in total. The van der Waals surface area contributed by atoms with Gasteiger partial charge in [-0.3, -0.25) is 0 Å². The fourth-order valence-electron chi connectivity index (χ4n) is 2.51. The quantitative estimate of drug-likeness (QED) is 0.653. The van der Waals surface area contributed by atoms with E-state index < -0.39 is 0 Å². The van der Waals surface area contributed by atoms with Crippen LogP contribution in [0.1, 0.15) is 30.5 Å². The second-order valence-corrected chi connectivity index (χ2v) is 6.95. The molecule has 1 atom stereocenters. The number of hydrogen-bond donors (Lipinski definition) is 2. The van der Waals surface area contributed by atoms with E-state index in [2.05, 4.69) is 46.4 Å². The molecule has 0 bridgehead atoms. The van der Waals surface area contributed by atoms with E-state index in [9.17, 15) is 5.11 Å². The summed E-state index contributed by atoms with van der Waals surface area (Å²) in [6.45, 7) is 8.04. The Morgan fingerprint density at radius 1 is 1.16 bits per heavy atom. The second-order valence-electron chi connectivity index (χ2n) is 6.10. The molecule has 0 saturated heterocycles. The van der Waals surface area contributed by atoms with E-state index in [1.807, 2.05) is 25.1 Å². The van der Waals surface area contributed by atoms with Crippen molar-refractivity contribution >= 4 is 15.9 Å². The average molecular weight is 408 g/mol. The Balaban J connectivity index is 2.12. The minimum absolute atomic E-state index is 0.369. The molecular weight excluding hydrogens is 382 g/mol. The molecule has 5 heteroatoms. The molecule has 136 valence electrons. The van der Waals surface area contributed by atoms with Gasteiger partial charge in [-0.15, -0.1) is 0 Å². The zero-order valence-electron chi connectivity index (χ0n) is 15.0. The van der Waals surface area contributed by atoms with Crippen molar-refractivity contribution in [3.05, 3.63) is 57.6 Å². The maximum Gasteiger partial charge on any atom is 0.175 e. The van der Waals surface area contributed by atoms with Crippen LogP contribution in [0.15, 0.2) is 40.9 Å². The highest BCUT2D eigenvalue weighted by Crippen LogP contribution is 2.37. The number of nitrogens with one attached hydrogen (secondary N) is 1.